The average Bonchev–Trinajstić information content (AvgIpc) is 3.12. The maximum Gasteiger partial charge on any atom is 1.00 e. The van der Waals surface area contributed by atoms with Gasteiger partial charge in [-0.2, -0.15) is 24.3 Å². The summed E-state index contributed by atoms with van der Waals surface area (Å²) in [5, 5.41) is 3.49. The van der Waals surface area contributed by atoms with Crippen LogP contribution in [0.15, 0.2) is 59.4 Å². The van der Waals surface area contributed by atoms with Gasteiger partial charge in [-0.05, 0) is 28.9 Å². The van der Waals surface area contributed by atoms with Gasteiger partial charge in [-0.3, -0.25) is 4.98 Å². The van der Waals surface area contributed by atoms with E-state index in [0.29, 0.717) is 6.61 Å². The molecule has 25 heavy (non-hydrogen) atoms. The zero-order valence-electron chi connectivity index (χ0n) is 15.3. The van der Waals surface area contributed by atoms with E-state index < -0.39 is 0 Å². The zero-order valence-corrected chi connectivity index (χ0v) is 18.4. The molecule has 0 spiro atoms. The number of pyridine rings is 1. The van der Waals surface area contributed by atoms with Crippen molar-refractivity contribution in [1.29, 1.82) is 0 Å². The molecule has 2 aromatic heterocycles. The molecule has 0 aliphatic carbocycles. The first-order valence-electron chi connectivity index (χ1n) is 7.87. The first kappa shape index (κ1) is 22.1. The Kier molecular flexibility index (Phi) is 10.2. The summed E-state index contributed by atoms with van der Waals surface area (Å²) in [6.45, 7) is 6.90. The third-order valence-electron chi connectivity index (χ3n) is 3.23. The molecule has 0 fully saturated rings. The molecular weight excluding hydrogens is 339 g/mol. The molecule has 0 unspecified atom stereocenters. The molecule has 3 aromatic rings. The summed E-state index contributed by atoms with van der Waals surface area (Å²) < 4.78 is 10.5. The van der Waals surface area contributed by atoms with Gasteiger partial charge in [0.25, 0.3) is 0 Å². The minimum atomic E-state index is 0. The smallest absolute Gasteiger partial charge is 0.519 e. The van der Waals surface area contributed by atoms with E-state index in [1.165, 1.54) is 5.56 Å². The SMILES string of the molecule is CC(C)(C)c1c[c-]no1.[K+].[c-]1ccc(OCCc2ccncc2)cc1. The summed E-state index contributed by atoms with van der Waals surface area (Å²) >= 11 is 0. The summed E-state index contributed by atoms with van der Waals surface area (Å²) in [5.41, 5.74) is 1.31. The molecular formula is C20H22KN2O2-. The van der Waals surface area contributed by atoms with Crippen LogP contribution in [0.4, 0.5) is 0 Å². The number of ether oxygens (including phenoxy) is 1. The third kappa shape index (κ3) is 8.79. The van der Waals surface area contributed by atoms with Gasteiger partial charge in [0.1, 0.15) is 0 Å². The van der Waals surface area contributed by atoms with E-state index in [1.807, 2.05) is 36.4 Å². The second-order valence-electron chi connectivity index (χ2n) is 6.26. The standard InChI is InChI=1S/C13H12NO.C7H10NO.K/c1-2-4-13(5-3-1)15-11-8-12-6-9-14-10-7-12;1-7(2,3)6-4-5-8-9-6;/h2-7,9-10H,8,11H2;4H,1-3H3;/q2*-1;+1. The fourth-order valence-electron chi connectivity index (χ4n) is 1.84. The largest absolute Gasteiger partial charge is 1.00 e. The Morgan fingerprint density at radius 3 is 2.28 bits per heavy atom. The van der Waals surface area contributed by atoms with Gasteiger partial charge in [0, 0.05) is 24.6 Å². The van der Waals surface area contributed by atoms with Crippen molar-refractivity contribution in [3.8, 4) is 5.75 Å². The summed E-state index contributed by atoms with van der Waals surface area (Å²) in [6, 6.07) is 16.2. The van der Waals surface area contributed by atoms with Crippen molar-refractivity contribution in [2.75, 3.05) is 6.61 Å². The average molecular weight is 362 g/mol. The van der Waals surface area contributed by atoms with Crippen LogP contribution in [0.25, 0.3) is 0 Å². The Bertz CT molecular complexity index is 641. The second-order valence-corrected chi connectivity index (χ2v) is 6.26. The van der Waals surface area contributed by atoms with Gasteiger partial charge in [-0.25, -0.2) is 5.16 Å². The minimum absolute atomic E-state index is 0. The van der Waals surface area contributed by atoms with E-state index in [9.17, 15) is 0 Å². The van der Waals surface area contributed by atoms with Crippen molar-refractivity contribution in [3.05, 3.63) is 78.4 Å². The van der Waals surface area contributed by atoms with E-state index in [0.717, 1.165) is 17.9 Å². The number of rotatable bonds is 4. The minimum Gasteiger partial charge on any atom is -0.519 e. The van der Waals surface area contributed by atoms with Crippen molar-refractivity contribution < 1.29 is 60.6 Å². The van der Waals surface area contributed by atoms with Gasteiger partial charge in [-0.15, -0.1) is 18.3 Å². The van der Waals surface area contributed by atoms with Crippen LogP contribution in [0.5, 0.6) is 5.75 Å². The van der Waals surface area contributed by atoms with Crippen molar-refractivity contribution in [3.63, 3.8) is 0 Å². The molecule has 3 rings (SSSR count). The monoisotopic (exact) mass is 361 g/mol. The fourth-order valence-corrected chi connectivity index (χ4v) is 1.84. The van der Waals surface area contributed by atoms with Crippen LogP contribution in [-0.4, -0.2) is 16.7 Å². The molecule has 0 aliphatic heterocycles. The van der Waals surface area contributed by atoms with E-state index >= 15 is 0 Å². The number of benzene rings is 1. The third-order valence-corrected chi connectivity index (χ3v) is 3.23. The summed E-state index contributed by atoms with van der Waals surface area (Å²) in [6.07, 6.45) is 7.12. The predicted octanol–water partition coefficient (Wildman–Crippen LogP) is 1.28. The Labute approximate surface area is 192 Å². The first-order valence-corrected chi connectivity index (χ1v) is 7.87. The van der Waals surface area contributed by atoms with Crippen molar-refractivity contribution in [2.24, 2.45) is 0 Å². The molecule has 2 heterocycles. The topological polar surface area (TPSA) is 48.2 Å². The molecule has 0 radical (unpaired) electrons. The van der Waals surface area contributed by atoms with Gasteiger partial charge in [0.05, 0.1) is 6.61 Å². The molecule has 0 saturated carbocycles. The molecule has 5 heteroatoms. The number of hydrogen-bond donors (Lipinski definition) is 0. The second kappa shape index (κ2) is 11.6. The van der Waals surface area contributed by atoms with Gasteiger partial charge < -0.3 is 9.26 Å². The van der Waals surface area contributed by atoms with Crippen LogP contribution in [0, 0.1) is 12.3 Å². The van der Waals surface area contributed by atoms with E-state index in [-0.39, 0.29) is 56.8 Å². The molecule has 0 amide bonds. The summed E-state index contributed by atoms with van der Waals surface area (Å²) in [4.78, 5) is 3.97. The van der Waals surface area contributed by atoms with Crippen molar-refractivity contribution in [2.45, 2.75) is 32.6 Å². The van der Waals surface area contributed by atoms with Gasteiger partial charge in [0.15, 0.2) is 0 Å². The molecule has 1 aromatic carbocycles. The fraction of sp³-hybridized carbons (Fsp3) is 0.300. The first-order chi connectivity index (χ1) is 11.6. The normalized spacial score (nSPS) is 10.2. The van der Waals surface area contributed by atoms with Gasteiger partial charge >= 0.3 is 51.4 Å². The maximum atomic E-state index is 5.57. The molecule has 0 saturated heterocycles. The summed E-state index contributed by atoms with van der Waals surface area (Å²) in [5.74, 6) is 1.77. The van der Waals surface area contributed by atoms with Crippen molar-refractivity contribution >= 4 is 0 Å². The Hall–Kier alpha value is -0.984. The van der Waals surface area contributed by atoms with Gasteiger partial charge in [-0.1, -0.05) is 20.8 Å². The number of aromatic nitrogens is 2. The molecule has 0 bridgehead atoms. The molecule has 4 nitrogen and oxygen atoms in total. The number of hydrogen-bond acceptors (Lipinski definition) is 4. The van der Waals surface area contributed by atoms with Crippen LogP contribution in [-0.2, 0) is 11.8 Å². The van der Waals surface area contributed by atoms with Crippen LogP contribution in [0.2, 0.25) is 0 Å². The van der Waals surface area contributed by atoms with E-state index in [4.69, 9.17) is 9.26 Å². The quantitative estimate of drug-likeness (QED) is 0.519. The molecule has 0 N–H and O–H groups in total. The van der Waals surface area contributed by atoms with E-state index in [1.54, 1.807) is 18.5 Å². The van der Waals surface area contributed by atoms with Crippen LogP contribution >= 0.6 is 0 Å². The Morgan fingerprint density at radius 1 is 1.08 bits per heavy atom. The Morgan fingerprint density at radius 2 is 1.76 bits per heavy atom. The van der Waals surface area contributed by atoms with E-state index in [2.05, 4.69) is 43.2 Å². The zero-order chi connectivity index (χ0) is 17.3. The van der Waals surface area contributed by atoms with Crippen LogP contribution in [0.3, 0.4) is 0 Å². The van der Waals surface area contributed by atoms with Crippen LogP contribution in [0.1, 0.15) is 32.1 Å². The van der Waals surface area contributed by atoms with Crippen LogP contribution < -0.4 is 56.1 Å². The summed E-state index contributed by atoms with van der Waals surface area (Å²) in [7, 11) is 0. The van der Waals surface area contributed by atoms with Gasteiger partial charge in [0.2, 0.25) is 0 Å². The Balaban J connectivity index is 0.000000270. The number of nitrogens with zero attached hydrogens (tertiary/aromatic N) is 2. The molecule has 0 atom stereocenters. The predicted molar refractivity (Wildman–Crippen MR) is 92.8 cm³/mol. The molecule has 0 aliphatic rings. The molecule has 126 valence electrons. The van der Waals surface area contributed by atoms with Crippen molar-refractivity contribution in [1.82, 2.24) is 10.1 Å². The maximum absolute atomic E-state index is 5.57.